The van der Waals surface area contributed by atoms with Crippen molar-refractivity contribution in [3.63, 3.8) is 0 Å². The zero-order chi connectivity index (χ0) is 14.5. The molecule has 20 heavy (non-hydrogen) atoms. The first-order valence-corrected chi connectivity index (χ1v) is 6.51. The fraction of sp³-hybridized carbons (Fsp3) is 0.133. The summed E-state index contributed by atoms with van der Waals surface area (Å²) in [6.07, 6.45) is -0.657. The number of amides is 1. The molecule has 0 saturated carbocycles. The lowest BCUT2D eigenvalue weighted by atomic mass is 10.2. The van der Waals surface area contributed by atoms with Crippen LogP contribution < -0.4 is 15.8 Å². The van der Waals surface area contributed by atoms with Gasteiger partial charge in [-0.1, -0.05) is 23.7 Å². The highest BCUT2D eigenvalue weighted by Gasteiger charge is 2.15. The van der Waals surface area contributed by atoms with Crippen molar-refractivity contribution in [2.24, 2.45) is 0 Å². The molecule has 0 saturated heterocycles. The Balaban J connectivity index is 1.99. The molecule has 0 aromatic heterocycles. The number of nitrogens with one attached hydrogen (secondary N) is 1. The number of halogens is 1. The number of ether oxygens (including phenoxy) is 1. The van der Waals surface area contributed by atoms with E-state index in [0.717, 1.165) is 0 Å². The van der Waals surface area contributed by atoms with Gasteiger partial charge in [-0.2, -0.15) is 0 Å². The maximum Gasteiger partial charge on any atom is 0.265 e. The Bertz CT molecular complexity index is 599. The molecule has 3 N–H and O–H groups in total. The van der Waals surface area contributed by atoms with Crippen LogP contribution in [0, 0.1) is 0 Å². The van der Waals surface area contributed by atoms with Crippen molar-refractivity contribution in [1.82, 2.24) is 0 Å². The minimum atomic E-state index is -0.657. The van der Waals surface area contributed by atoms with Gasteiger partial charge in [-0.05, 0) is 43.3 Å². The van der Waals surface area contributed by atoms with Gasteiger partial charge in [-0.3, -0.25) is 4.79 Å². The Morgan fingerprint density at radius 1 is 1.20 bits per heavy atom. The summed E-state index contributed by atoms with van der Waals surface area (Å²) in [6.45, 7) is 1.66. The number of carbonyl (C=O) groups is 1. The van der Waals surface area contributed by atoms with E-state index < -0.39 is 6.10 Å². The quantitative estimate of drug-likeness (QED) is 0.849. The van der Waals surface area contributed by atoms with Crippen molar-refractivity contribution in [3.8, 4) is 5.75 Å². The molecule has 0 bridgehead atoms. The Hall–Kier alpha value is -2.20. The molecular formula is C15H15ClN2O2. The summed E-state index contributed by atoms with van der Waals surface area (Å²) < 4.78 is 5.54. The van der Waals surface area contributed by atoms with Gasteiger partial charge in [-0.25, -0.2) is 0 Å². The molecule has 0 aliphatic carbocycles. The first-order chi connectivity index (χ1) is 9.56. The molecule has 1 atom stereocenters. The van der Waals surface area contributed by atoms with Crippen LogP contribution >= 0.6 is 11.6 Å². The van der Waals surface area contributed by atoms with Gasteiger partial charge in [0.05, 0.1) is 5.69 Å². The van der Waals surface area contributed by atoms with E-state index in [-0.39, 0.29) is 5.91 Å². The van der Waals surface area contributed by atoms with Crippen LogP contribution in [0.5, 0.6) is 5.75 Å². The van der Waals surface area contributed by atoms with E-state index in [1.54, 1.807) is 55.5 Å². The minimum absolute atomic E-state index is 0.254. The molecule has 0 radical (unpaired) electrons. The maximum absolute atomic E-state index is 12.0. The lowest BCUT2D eigenvalue weighted by Crippen LogP contribution is -2.30. The van der Waals surface area contributed by atoms with Gasteiger partial charge in [-0.15, -0.1) is 0 Å². The van der Waals surface area contributed by atoms with Crippen LogP contribution in [-0.4, -0.2) is 12.0 Å². The molecule has 1 unspecified atom stereocenters. The largest absolute Gasteiger partial charge is 0.479 e. The summed E-state index contributed by atoms with van der Waals surface area (Å²) in [5.74, 6) is 0.238. The van der Waals surface area contributed by atoms with Crippen molar-refractivity contribution < 1.29 is 9.53 Å². The number of rotatable bonds is 4. The highest BCUT2D eigenvalue weighted by Crippen LogP contribution is 2.21. The van der Waals surface area contributed by atoms with Crippen molar-refractivity contribution in [2.45, 2.75) is 13.0 Å². The van der Waals surface area contributed by atoms with E-state index in [9.17, 15) is 4.79 Å². The van der Waals surface area contributed by atoms with Crippen molar-refractivity contribution in [3.05, 3.63) is 53.6 Å². The maximum atomic E-state index is 12.0. The Morgan fingerprint density at radius 2 is 1.85 bits per heavy atom. The van der Waals surface area contributed by atoms with E-state index in [2.05, 4.69) is 5.32 Å². The summed E-state index contributed by atoms with van der Waals surface area (Å²) in [6, 6.07) is 13.9. The molecule has 0 spiro atoms. The van der Waals surface area contributed by atoms with Crippen LogP contribution in [-0.2, 0) is 4.79 Å². The molecule has 2 aromatic carbocycles. The first-order valence-electron chi connectivity index (χ1n) is 6.14. The summed E-state index contributed by atoms with van der Waals surface area (Å²) >= 11 is 5.78. The second-order valence-corrected chi connectivity index (χ2v) is 4.73. The Morgan fingerprint density at radius 3 is 2.50 bits per heavy atom. The summed E-state index contributed by atoms with van der Waals surface area (Å²) in [7, 11) is 0. The van der Waals surface area contributed by atoms with E-state index in [0.29, 0.717) is 22.1 Å². The topological polar surface area (TPSA) is 64.3 Å². The average Bonchev–Trinajstić information content (AvgIpc) is 2.44. The highest BCUT2D eigenvalue weighted by molar-refractivity contribution is 6.30. The van der Waals surface area contributed by atoms with Gasteiger partial charge in [0.1, 0.15) is 5.75 Å². The van der Waals surface area contributed by atoms with Crippen molar-refractivity contribution >= 4 is 28.9 Å². The third kappa shape index (κ3) is 3.65. The third-order valence-corrected chi connectivity index (χ3v) is 2.96. The molecule has 1 amide bonds. The van der Waals surface area contributed by atoms with Crippen molar-refractivity contribution in [2.75, 3.05) is 11.1 Å². The number of anilines is 2. The van der Waals surface area contributed by atoms with Crippen LogP contribution in [0.1, 0.15) is 6.92 Å². The number of hydrogen-bond acceptors (Lipinski definition) is 3. The van der Waals surface area contributed by atoms with Crippen LogP contribution in [0.4, 0.5) is 11.4 Å². The summed E-state index contributed by atoms with van der Waals surface area (Å²) in [5.41, 5.74) is 6.93. The molecule has 104 valence electrons. The van der Waals surface area contributed by atoms with Crippen LogP contribution in [0.2, 0.25) is 5.02 Å². The predicted octanol–water partition coefficient (Wildman–Crippen LogP) is 3.33. The van der Waals surface area contributed by atoms with Gasteiger partial charge >= 0.3 is 0 Å². The van der Waals surface area contributed by atoms with E-state index >= 15 is 0 Å². The Labute approximate surface area is 122 Å². The summed E-state index contributed by atoms with van der Waals surface area (Å²) in [4.78, 5) is 12.0. The zero-order valence-electron chi connectivity index (χ0n) is 11.0. The molecule has 5 heteroatoms. The average molecular weight is 291 g/mol. The molecule has 4 nitrogen and oxygen atoms in total. The first kappa shape index (κ1) is 14.2. The van der Waals surface area contributed by atoms with E-state index in [1.165, 1.54) is 0 Å². The van der Waals surface area contributed by atoms with Crippen LogP contribution in [0.25, 0.3) is 0 Å². The number of nitrogens with two attached hydrogens (primary N) is 1. The number of para-hydroxylation sites is 2. The number of carbonyl (C=O) groups excluding carboxylic acids is 1. The van der Waals surface area contributed by atoms with Gasteiger partial charge in [0.2, 0.25) is 0 Å². The van der Waals surface area contributed by atoms with E-state index in [4.69, 9.17) is 22.1 Å². The SMILES string of the molecule is CC(Oc1ccccc1N)C(=O)Nc1ccc(Cl)cc1. The summed E-state index contributed by atoms with van der Waals surface area (Å²) in [5, 5.41) is 3.36. The highest BCUT2D eigenvalue weighted by atomic mass is 35.5. The molecule has 0 aliphatic heterocycles. The third-order valence-electron chi connectivity index (χ3n) is 2.70. The lowest BCUT2D eigenvalue weighted by Gasteiger charge is -2.16. The zero-order valence-corrected chi connectivity index (χ0v) is 11.7. The molecule has 0 fully saturated rings. The van der Waals surface area contributed by atoms with E-state index in [1.807, 2.05) is 0 Å². The molecule has 2 aromatic rings. The molecular weight excluding hydrogens is 276 g/mol. The van der Waals surface area contributed by atoms with Crippen LogP contribution in [0.3, 0.4) is 0 Å². The monoisotopic (exact) mass is 290 g/mol. The van der Waals surface area contributed by atoms with Crippen LogP contribution in [0.15, 0.2) is 48.5 Å². The number of hydrogen-bond donors (Lipinski definition) is 2. The standard InChI is InChI=1S/C15H15ClN2O2/c1-10(20-14-5-3-2-4-13(14)17)15(19)18-12-8-6-11(16)7-9-12/h2-10H,17H2,1H3,(H,18,19). The lowest BCUT2D eigenvalue weighted by molar-refractivity contribution is -0.122. The second-order valence-electron chi connectivity index (χ2n) is 4.29. The fourth-order valence-corrected chi connectivity index (χ4v) is 1.73. The molecule has 2 rings (SSSR count). The van der Waals surface area contributed by atoms with Gasteiger partial charge < -0.3 is 15.8 Å². The Kier molecular flexibility index (Phi) is 4.48. The normalized spacial score (nSPS) is 11.7. The van der Waals surface area contributed by atoms with Gasteiger partial charge in [0, 0.05) is 10.7 Å². The predicted molar refractivity (Wildman–Crippen MR) is 81.0 cm³/mol. The smallest absolute Gasteiger partial charge is 0.265 e. The number of benzene rings is 2. The second kappa shape index (κ2) is 6.30. The fourth-order valence-electron chi connectivity index (χ4n) is 1.61. The molecule has 0 aliphatic rings. The van der Waals surface area contributed by atoms with Crippen molar-refractivity contribution in [1.29, 1.82) is 0 Å². The van der Waals surface area contributed by atoms with Gasteiger partial charge in [0.25, 0.3) is 5.91 Å². The number of nitrogen functional groups attached to an aromatic ring is 1. The molecule has 0 heterocycles. The van der Waals surface area contributed by atoms with Gasteiger partial charge in [0.15, 0.2) is 6.10 Å². The minimum Gasteiger partial charge on any atom is -0.479 e.